The molecule has 0 aliphatic heterocycles. The lowest BCUT2D eigenvalue weighted by molar-refractivity contribution is -0.115. The number of carbonyl (C=O) groups excluding carboxylic acids is 2. The van der Waals surface area contributed by atoms with E-state index in [1.165, 1.54) is 13.8 Å². The molecule has 0 spiro atoms. The summed E-state index contributed by atoms with van der Waals surface area (Å²) in [6.45, 7) is 3.33. The van der Waals surface area contributed by atoms with Gasteiger partial charge in [0.2, 0.25) is 0 Å². The highest BCUT2D eigenvalue weighted by molar-refractivity contribution is 5.95. The molecule has 0 bridgehead atoms. The fourth-order valence-electron chi connectivity index (χ4n) is 1.07. The monoisotopic (exact) mass is 191 g/mol. The van der Waals surface area contributed by atoms with Crippen LogP contribution >= 0.6 is 0 Å². The highest BCUT2D eigenvalue weighted by atomic mass is 16.1. The Morgan fingerprint density at radius 3 is 2.57 bits per heavy atom. The van der Waals surface area contributed by atoms with Crippen LogP contribution in [-0.2, 0) is 4.79 Å². The number of anilines is 1. The van der Waals surface area contributed by atoms with Crippen LogP contribution in [0.3, 0.4) is 0 Å². The summed E-state index contributed by atoms with van der Waals surface area (Å²) < 4.78 is 0. The standard InChI is InChI=1S/C11H13NO2/c1-8(13)7-12-11-5-3-4-10(6-11)9(2)14/h3-6,12H,7H2,1-2H3. The number of ketones is 2. The van der Waals surface area contributed by atoms with Crippen LogP contribution < -0.4 is 5.32 Å². The van der Waals surface area contributed by atoms with Crippen molar-refractivity contribution in [3.05, 3.63) is 29.8 Å². The summed E-state index contributed by atoms with van der Waals surface area (Å²) in [5, 5.41) is 2.94. The Morgan fingerprint density at radius 2 is 2.00 bits per heavy atom. The van der Waals surface area contributed by atoms with Gasteiger partial charge in [-0.25, -0.2) is 0 Å². The maximum atomic E-state index is 11.0. The predicted octanol–water partition coefficient (Wildman–Crippen LogP) is 1.89. The van der Waals surface area contributed by atoms with E-state index in [-0.39, 0.29) is 11.6 Å². The maximum Gasteiger partial charge on any atom is 0.159 e. The molecule has 0 saturated heterocycles. The molecule has 1 aromatic rings. The lowest BCUT2D eigenvalue weighted by atomic mass is 10.1. The Bertz CT molecular complexity index is 358. The van der Waals surface area contributed by atoms with E-state index in [2.05, 4.69) is 5.32 Å². The molecule has 0 aliphatic carbocycles. The van der Waals surface area contributed by atoms with Gasteiger partial charge >= 0.3 is 0 Å². The zero-order valence-electron chi connectivity index (χ0n) is 8.33. The number of nitrogens with one attached hydrogen (secondary N) is 1. The molecule has 0 unspecified atom stereocenters. The van der Waals surface area contributed by atoms with Crippen molar-refractivity contribution in [3.8, 4) is 0 Å². The zero-order valence-corrected chi connectivity index (χ0v) is 8.33. The van der Waals surface area contributed by atoms with Crippen molar-refractivity contribution in [2.75, 3.05) is 11.9 Å². The van der Waals surface area contributed by atoms with Gasteiger partial charge in [0.15, 0.2) is 5.78 Å². The molecular weight excluding hydrogens is 178 g/mol. The summed E-state index contributed by atoms with van der Waals surface area (Å²) >= 11 is 0. The van der Waals surface area contributed by atoms with Gasteiger partial charge in [-0.3, -0.25) is 9.59 Å². The first-order valence-electron chi connectivity index (χ1n) is 4.44. The third-order valence-corrected chi connectivity index (χ3v) is 1.81. The summed E-state index contributed by atoms with van der Waals surface area (Å²) in [5.74, 6) is 0.0923. The van der Waals surface area contributed by atoms with Crippen LogP contribution in [0.25, 0.3) is 0 Å². The number of rotatable bonds is 4. The van der Waals surface area contributed by atoms with Crippen molar-refractivity contribution < 1.29 is 9.59 Å². The lowest BCUT2D eigenvalue weighted by Gasteiger charge is -2.04. The fourth-order valence-corrected chi connectivity index (χ4v) is 1.07. The second-order valence-electron chi connectivity index (χ2n) is 3.19. The zero-order chi connectivity index (χ0) is 10.6. The molecule has 0 amide bonds. The van der Waals surface area contributed by atoms with Gasteiger partial charge in [-0.05, 0) is 26.0 Å². The minimum absolute atomic E-state index is 0.0245. The molecule has 0 radical (unpaired) electrons. The van der Waals surface area contributed by atoms with Crippen molar-refractivity contribution in [2.24, 2.45) is 0 Å². The van der Waals surface area contributed by atoms with Crippen molar-refractivity contribution in [1.29, 1.82) is 0 Å². The predicted molar refractivity (Wildman–Crippen MR) is 55.6 cm³/mol. The van der Waals surface area contributed by atoms with E-state index in [9.17, 15) is 9.59 Å². The van der Waals surface area contributed by atoms with E-state index in [0.717, 1.165) is 5.69 Å². The Labute approximate surface area is 83.1 Å². The van der Waals surface area contributed by atoms with E-state index in [1.54, 1.807) is 18.2 Å². The average molecular weight is 191 g/mol. The van der Waals surface area contributed by atoms with E-state index in [1.807, 2.05) is 6.07 Å². The Balaban J connectivity index is 2.73. The summed E-state index contributed by atoms with van der Waals surface area (Å²) in [7, 11) is 0. The van der Waals surface area contributed by atoms with Gasteiger partial charge in [-0.2, -0.15) is 0 Å². The van der Waals surface area contributed by atoms with Gasteiger partial charge in [-0.1, -0.05) is 12.1 Å². The molecule has 14 heavy (non-hydrogen) atoms. The van der Waals surface area contributed by atoms with Gasteiger partial charge in [0.25, 0.3) is 0 Å². The highest BCUT2D eigenvalue weighted by Gasteiger charge is 2.00. The second kappa shape index (κ2) is 4.56. The first-order chi connectivity index (χ1) is 6.59. The molecule has 0 heterocycles. The average Bonchev–Trinajstić information content (AvgIpc) is 2.15. The highest BCUT2D eigenvalue weighted by Crippen LogP contribution is 2.10. The minimum Gasteiger partial charge on any atom is -0.378 e. The Morgan fingerprint density at radius 1 is 1.29 bits per heavy atom. The first-order valence-corrected chi connectivity index (χ1v) is 4.44. The number of hydrogen-bond donors (Lipinski definition) is 1. The second-order valence-corrected chi connectivity index (χ2v) is 3.19. The van der Waals surface area contributed by atoms with Crippen molar-refractivity contribution >= 4 is 17.3 Å². The lowest BCUT2D eigenvalue weighted by Crippen LogP contribution is -2.10. The molecule has 0 atom stereocenters. The molecule has 1 aromatic carbocycles. The fraction of sp³-hybridized carbons (Fsp3) is 0.273. The van der Waals surface area contributed by atoms with E-state index < -0.39 is 0 Å². The topological polar surface area (TPSA) is 46.2 Å². The molecule has 3 nitrogen and oxygen atoms in total. The Hall–Kier alpha value is -1.64. The van der Waals surface area contributed by atoms with Crippen molar-refractivity contribution in [3.63, 3.8) is 0 Å². The van der Waals surface area contributed by atoms with Gasteiger partial charge in [-0.15, -0.1) is 0 Å². The van der Waals surface area contributed by atoms with Crippen LogP contribution in [-0.4, -0.2) is 18.1 Å². The maximum absolute atomic E-state index is 11.0. The van der Waals surface area contributed by atoms with Gasteiger partial charge in [0.1, 0.15) is 5.78 Å². The molecule has 1 rings (SSSR count). The molecule has 74 valence electrons. The van der Waals surface area contributed by atoms with Crippen LogP contribution in [0.1, 0.15) is 24.2 Å². The minimum atomic E-state index is 0.0245. The van der Waals surface area contributed by atoms with Crippen LogP contribution in [0.2, 0.25) is 0 Å². The van der Waals surface area contributed by atoms with Crippen LogP contribution in [0.4, 0.5) is 5.69 Å². The normalized spacial score (nSPS) is 9.57. The molecule has 0 saturated carbocycles. The van der Waals surface area contributed by atoms with Crippen LogP contribution in [0.5, 0.6) is 0 Å². The molecule has 0 aliphatic rings. The number of benzene rings is 1. The van der Waals surface area contributed by atoms with Gasteiger partial charge in [0.05, 0.1) is 6.54 Å². The van der Waals surface area contributed by atoms with Crippen molar-refractivity contribution in [2.45, 2.75) is 13.8 Å². The first kappa shape index (κ1) is 10.4. The number of hydrogen-bond acceptors (Lipinski definition) is 3. The van der Waals surface area contributed by atoms with Crippen molar-refractivity contribution in [1.82, 2.24) is 0 Å². The molecule has 0 fully saturated rings. The number of Topliss-reactive ketones (excluding diaryl/α,β-unsaturated/α-hetero) is 2. The van der Waals surface area contributed by atoms with Gasteiger partial charge < -0.3 is 5.32 Å². The largest absolute Gasteiger partial charge is 0.378 e. The van der Waals surface area contributed by atoms with E-state index in [0.29, 0.717) is 12.1 Å². The molecular formula is C11H13NO2. The molecule has 0 aromatic heterocycles. The number of carbonyl (C=O) groups is 2. The van der Waals surface area contributed by atoms with Gasteiger partial charge in [0, 0.05) is 11.3 Å². The van der Waals surface area contributed by atoms with E-state index in [4.69, 9.17) is 0 Å². The summed E-state index contributed by atoms with van der Waals surface area (Å²) in [6, 6.07) is 7.11. The summed E-state index contributed by atoms with van der Waals surface area (Å²) in [4.78, 5) is 21.7. The third-order valence-electron chi connectivity index (χ3n) is 1.81. The summed E-state index contributed by atoms with van der Waals surface area (Å²) in [5.41, 5.74) is 1.45. The summed E-state index contributed by atoms with van der Waals surface area (Å²) in [6.07, 6.45) is 0. The Kier molecular flexibility index (Phi) is 3.40. The third kappa shape index (κ3) is 3.01. The van der Waals surface area contributed by atoms with E-state index >= 15 is 0 Å². The SMILES string of the molecule is CC(=O)CNc1cccc(C(C)=O)c1. The smallest absolute Gasteiger partial charge is 0.159 e. The molecule has 1 N–H and O–H groups in total. The van der Waals surface area contributed by atoms with Crippen LogP contribution in [0.15, 0.2) is 24.3 Å². The quantitative estimate of drug-likeness (QED) is 0.739. The van der Waals surface area contributed by atoms with Crippen LogP contribution in [0, 0.1) is 0 Å². The molecule has 3 heteroatoms.